The summed E-state index contributed by atoms with van der Waals surface area (Å²) in [6.07, 6.45) is -3.59. The van der Waals surface area contributed by atoms with Gasteiger partial charge in [-0.3, -0.25) is 4.99 Å². The average molecular weight is 385 g/mol. The summed E-state index contributed by atoms with van der Waals surface area (Å²) in [7, 11) is 1.62. The fourth-order valence-corrected chi connectivity index (χ4v) is 1.99. The van der Waals surface area contributed by atoms with E-state index in [0.717, 1.165) is 18.6 Å². The van der Waals surface area contributed by atoms with Crippen molar-refractivity contribution in [1.29, 1.82) is 0 Å². The number of halogens is 3. The molecule has 0 aliphatic heterocycles. The lowest BCUT2D eigenvalue weighted by Gasteiger charge is -2.09. The van der Waals surface area contributed by atoms with Gasteiger partial charge in [-0.25, -0.2) is 0 Å². The van der Waals surface area contributed by atoms with Crippen LogP contribution < -0.4 is 10.6 Å². The van der Waals surface area contributed by atoms with Crippen molar-refractivity contribution in [3.05, 3.63) is 35.4 Å². The summed E-state index contributed by atoms with van der Waals surface area (Å²) >= 11 is 0. The quantitative estimate of drug-likeness (QED) is 0.297. The van der Waals surface area contributed by atoms with Crippen LogP contribution in [0.3, 0.4) is 0 Å². The molecular weight excluding hydrogens is 359 g/mol. The van der Waals surface area contributed by atoms with Crippen LogP contribution in [0.2, 0.25) is 0 Å². The Kier molecular flexibility index (Phi) is 11.0. The molecule has 0 spiro atoms. The molecule has 5 nitrogen and oxygen atoms in total. The molecule has 0 saturated carbocycles. The average Bonchev–Trinajstić information content (AvgIpc) is 2.64. The number of ether oxygens (including phenoxy) is 2. The lowest BCUT2D eigenvalue weighted by Crippen LogP contribution is -2.37. The Balaban J connectivity index is 2.45. The standard InChI is InChI=1S/C19H26F3N3O2/c1-3-23-18(25-11-6-12-27-14-13-26-2)24-10-5-8-16-7-4-9-17(15-16)19(20,21)22/h4,7,9,15H,3,6,10-14H2,1-2H3,(H2,23,24,25). The van der Waals surface area contributed by atoms with Crippen LogP contribution in [0.4, 0.5) is 13.2 Å². The molecule has 0 bridgehead atoms. The number of rotatable bonds is 9. The Morgan fingerprint density at radius 2 is 2.00 bits per heavy atom. The number of methoxy groups -OCH3 is 1. The van der Waals surface area contributed by atoms with Crippen molar-refractivity contribution in [2.75, 3.05) is 46.6 Å². The van der Waals surface area contributed by atoms with Gasteiger partial charge in [0.25, 0.3) is 0 Å². The largest absolute Gasteiger partial charge is 0.416 e. The molecule has 0 aliphatic rings. The number of nitrogens with one attached hydrogen (secondary N) is 2. The summed E-state index contributed by atoms with van der Waals surface area (Å²) < 4.78 is 48.3. The van der Waals surface area contributed by atoms with E-state index in [9.17, 15) is 13.2 Å². The summed E-state index contributed by atoms with van der Waals surface area (Å²) in [5, 5.41) is 6.11. The summed E-state index contributed by atoms with van der Waals surface area (Å²) in [5.41, 5.74) is -0.383. The van der Waals surface area contributed by atoms with E-state index in [1.165, 1.54) is 6.07 Å². The predicted molar refractivity (Wildman–Crippen MR) is 99.6 cm³/mol. The Bertz CT molecular complexity index is 637. The first kappa shape index (κ1) is 22.8. The molecule has 0 radical (unpaired) electrons. The molecule has 1 rings (SSSR count). The smallest absolute Gasteiger partial charge is 0.382 e. The van der Waals surface area contributed by atoms with Crippen molar-refractivity contribution in [1.82, 2.24) is 10.6 Å². The highest BCUT2D eigenvalue weighted by molar-refractivity contribution is 5.80. The van der Waals surface area contributed by atoms with E-state index in [1.54, 1.807) is 13.2 Å². The minimum atomic E-state index is -4.37. The lowest BCUT2D eigenvalue weighted by molar-refractivity contribution is -0.137. The maximum atomic E-state index is 12.7. The molecule has 0 amide bonds. The van der Waals surface area contributed by atoms with Gasteiger partial charge in [0.2, 0.25) is 0 Å². The molecule has 0 aliphatic carbocycles. The maximum absolute atomic E-state index is 12.7. The Morgan fingerprint density at radius 3 is 2.70 bits per heavy atom. The molecule has 150 valence electrons. The van der Waals surface area contributed by atoms with Crippen LogP contribution in [0.5, 0.6) is 0 Å². The van der Waals surface area contributed by atoms with E-state index in [-0.39, 0.29) is 6.54 Å². The van der Waals surface area contributed by atoms with E-state index < -0.39 is 11.7 Å². The van der Waals surface area contributed by atoms with E-state index >= 15 is 0 Å². The van der Waals surface area contributed by atoms with Gasteiger partial charge in [0.15, 0.2) is 5.96 Å². The zero-order valence-electron chi connectivity index (χ0n) is 15.7. The molecule has 1 aromatic rings. The second-order valence-electron chi connectivity index (χ2n) is 5.45. The van der Waals surface area contributed by atoms with E-state index in [0.29, 0.717) is 44.4 Å². The minimum Gasteiger partial charge on any atom is -0.382 e. The number of alkyl halides is 3. The number of hydrogen-bond donors (Lipinski definition) is 2. The van der Waals surface area contributed by atoms with Crippen LogP contribution in [-0.2, 0) is 15.7 Å². The van der Waals surface area contributed by atoms with Crippen molar-refractivity contribution in [2.24, 2.45) is 4.99 Å². The Labute approximate surface area is 158 Å². The van der Waals surface area contributed by atoms with Gasteiger partial charge >= 0.3 is 6.18 Å². The molecule has 0 saturated heterocycles. The molecule has 2 N–H and O–H groups in total. The zero-order valence-corrected chi connectivity index (χ0v) is 15.7. The summed E-state index contributed by atoms with van der Waals surface area (Å²) in [6, 6.07) is 4.96. The third-order valence-electron chi connectivity index (χ3n) is 3.26. The van der Waals surface area contributed by atoms with Gasteiger partial charge in [0.1, 0.15) is 0 Å². The van der Waals surface area contributed by atoms with Gasteiger partial charge in [-0.1, -0.05) is 17.9 Å². The van der Waals surface area contributed by atoms with Gasteiger partial charge in [0, 0.05) is 32.4 Å². The third-order valence-corrected chi connectivity index (χ3v) is 3.26. The monoisotopic (exact) mass is 385 g/mol. The molecule has 27 heavy (non-hydrogen) atoms. The fraction of sp³-hybridized carbons (Fsp3) is 0.526. The van der Waals surface area contributed by atoms with Crippen LogP contribution in [0, 0.1) is 11.8 Å². The number of aliphatic imine (C=N–C) groups is 1. The first-order valence-corrected chi connectivity index (χ1v) is 8.72. The van der Waals surface area contributed by atoms with Crippen LogP contribution in [0.15, 0.2) is 29.3 Å². The third kappa shape index (κ3) is 10.5. The van der Waals surface area contributed by atoms with Crippen LogP contribution in [0.1, 0.15) is 24.5 Å². The first-order chi connectivity index (χ1) is 13.0. The van der Waals surface area contributed by atoms with Crippen molar-refractivity contribution in [2.45, 2.75) is 19.5 Å². The second kappa shape index (κ2) is 13.0. The first-order valence-electron chi connectivity index (χ1n) is 8.72. The minimum absolute atomic E-state index is 0.270. The van der Waals surface area contributed by atoms with Crippen LogP contribution in [-0.4, -0.2) is 52.5 Å². The number of nitrogens with zero attached hydrogens (tertiary/aromatic N) is 1. The van der Waals surface area contributed by atoms with Crippen LogP contribution in [0.25, 0.3) is 0 Å². The van der Waals surface area contributed by atoms with E-state index in [1.807, 2.05) is 6.92 Å². The molecule has 0 heterocycles. The highest BCUT2D eigenvalue weighted by Crippen LogP contribution is 2.29. The number of guanidine groups is 1. The van der Waals surface area contributed by atoms with Gasteiger partial charge < -0.3 is 20.1 Å². The SMILES string of the molecule is CCNC(=NCCCOCCOC)NCC#Cc1cccc(C(F)(F)F)c1. The van der Waals surface area contributed by atoms with Crippen molar-refractivity contribution in [3.8, 4) is 11.8 Å². The summed E-state index contributed by atoms with van der Waals surface area (Å²) in [5.74, 6) is 6.13. The van der Waals surface area contributed by atoms with Crippen molar-refractivity contribution < 1.29 is 22.6 Å². The molecule has 0 aromatic heterocycles. The number of benzene rings is 1. The Hall–Kier alpha value is -2.24. The highest BCUT2D eigenvalue weighted by atomic mass is 19.4. The molecule has 0 fully saturated rings. The highest BCUT2D eigenvalue weighted by Gasteiger charge is 2.30. The van der Waals surface area contributed by atoms with Gasteiger partial charge in [-0.05, 0) is 31.5 Å². The fourth-order valence-electron chi connectivity index (χ4n) is 1.99. The Morgan fingerprint density at radius 1 is 1.19 bits per heavy atom. The zero-order chi connectivity index (χ0) is 20.0. The van der Waals surface area contributed by atoms with Gasteiger partial charge in [-0.15, -0.1) is 0 Å². The van der Waals surface area contributed by atoms with Crippen molar-refractivity contribution >= 4 is 5.96 Å². The normalized spacial score (nSPS) is 11.7. The van der Waals surface area contributed by atoms with Crippen molar-refractivity contribution in [3.63, 3.8) is 0 Å². The second-order valence-corrected chi connectivity index (χ2v) is 5.45. The number of hydrogen-bond acceptors (Lipinski definition) is 3. The topological polar surface area (TPSA) is 54.9 Å². The molecule has 0 atom stereocenters. The molecular formula is C19H26F3N3O2. The van der Waals surface area contributed by atoms with Gasteiger partial charge in [-0.2, -0.15) is 13.2 Å². The summed E-state index contributed by atoms with van der Waals surface area (Å²) in [4.78, 5) is 4.39. The lowest BCUT2D eigenvalue weighted by atomic mass is 10.1. The predicted octanol–water partition coefficient (Wildman–Crippen LogP) is 2.67. The van der Waals surface area contributed by atoms with E-state index in [2.05, 4.69) is 27.5 Å². The van der Waals surface area contributed by atoms with E-state index in [4.69, 9.17) is 9.47 Å². The molecule has 0 unspecified atom stereocenters. The molecule has 8 heteroatoms. The molecule has 1 aromatic carbocycles. The summed E-state index contributed by atoms with van der Waals surface area (Å²) in [6.45, 7) is 5.22. The van der Waals surface area contributed by atoms with Gasteiger partial charge in [0.05, 0.1) is 25.3 Å². The maximum Gasteiger partial charge on any atom is 0.416 e. The van der Waals surface area contributed by atoms with Crippen LogP contribution >= 0.6 is 0 Å².